The fourth-order valence-corrected chi connectivity index (χ4v) is 2.81. The van der Waals surface area contributed by atoms with Crippen molar-refractivity contribution in [1.29, 1.82) is 0 Å². The van der Waals surface area contributed by atoms with E-state index in [0.717, 1.165) is 15.6 Å². The molecule has 3 rings (SSSR count). The Labute approximate surface area is 142 Å². The van der Waals surface area contributed by atoms with Crippen LogP contribution in [0.4, 0.5) is 5.69 Å². The van der Waals surface area contributed by atoms with Gasteiger partial charge in [-0.3, -0.25) is 4.79 Å². The Hall–Kier alpha value is -2.40. The van der Waals surface area contributed by atoms with Crippen LogP contribution < -0.4 is 5.32 Å². The molecule has 2 aromatic carbocycles. The van der Waals surface area contributed by atoms with Crippen molar-refractivity contribution in [2.24, 2.45) is 0 Å². The van der Waals surface area contributed by atoms with E-state index in [2.05, 4.69) is 26.2 Å². The minimum atomic E-state index is -0.294. The van der Waals surface area contributed by atoms with Crippen LogP contribution in [-0.2, 0) is 0 Å². The number of aryl methyl sites for hydroxylation is 2. The number of carbonyl (C=O) groups excluding carboxylic acids is 1. The first kappa shape index (κ1) is 15.5. The summed E-state index contributed by atoms with van der Waals surface area (Å²) in [6.07, 6.45) is 0. The monoisotopic (exact) mass is 370 g/mol. The van der Waals surface area contributed by atoms with Crippen molar-refractivity contribution in [2.45, 2.75) is 13.8 Å². The van der Waals surface area contributed by atoms with Crippen LogP contribution in [0.25, 0.3) is 11.5 Å². The molecule has 1 heterocycles. The maximum absolute atomic E-state index is 12.5. The summed E-state index contributed by atoms with van der Waals surface area (Å²) in [5, 5.41) is 2.85. The summed E-state index contributed by atoms with van der Waals surface area (Å²) in [7, 11) is 0. The predicted octanol–water partition coefficient (Wildman–Crippen LogP) is 4.97. The number of amides is 1. The smallest absolute Gasteiger partial charge is 0.277 e. The molecule has 5 heteroatoms. The fraction of sp³-hybridized carbons (Fsp3) is 0.111. The normalized spacial score (nSPS) is 10.6. The van der Waals surface area contributed by atoms with Gasteiger partial charge in [-0.25, -0.2) is 4.98 Å². The van der Waals surface area contributed by atoms with Crippen LogP contribution in [0.15, 0.2) is 57.4 Å². The number of hydrogen-bond acceptors (Lipinski definition) is 3. The highest BCUT2D eigenvalue weighted by Crippen LogP contribution is 2.25. The molecule has 1 amide bonds. The molecular weight excluding hydrogens is 356 g/mol. The first-order valence-electron chi connectivity index (χ1n) is 7.15. The van der Waals surface area contributed by atoms with Crippen LogP contribution in [-0.4, -0.2) is 10.9 Å². The number of aromatic nitrogens is 1. The van der Waals surface area contributed by atoms with Gasteiger partial charge in [-0.1, -0.05) is 24.3 Å². The third-order valence-electron chi connectivity index (χ3n) is 3.41. The van der Waals surface area contributed by atoms with E-state index in [0.29, 0.717) is 17.3 Å². The van der Waals surface area contributed by atoms with Gasteiger partial charge in [0, 0.05) is 10.0 Å². The molecule has 1 aromatic heterocycles. The zero-order valence-electron chi connectivity index (χ0n) is 12.8. The largest absolute Gasteiger partial charge is 0.441 e. The van der Waals surface area contributed by atoms with E-state index in [-0.39, 0.29) is 11.6 Å². The van der Waals surface area contributed by atoms with Crippen molar-refractivity contribution in [2.75, 3.05) is 5.32 Å². The molecule has 23 heavy (non-hydrogen) atoms. The molecule has 0 radical (unpaired) electrons. The van der Waals surface area contributed by atoms with Gasteiger partial charge < -0.3 is 9.73 Å². The second kappa shape index (κ2) is 6.38. The molecule has 0 aliphatic carbocycles. The number of halogens is 1. The molecule has 4 nitrogen and oxygen atoms in total. The number of rotatable bonds is 3. The third-order valence-corrected chi connectivity index (χ3v) is 4.06. The summed E-state index contributed by atoms with van der Waals surface area (Å²) in [4.78, 5) is 16.8. The van der Waals surface area contributed by atoms with Crippen molar-refractivity contribution >= 4 is 27.5 Å². The van der Waals surface area contributed by atoms with E-state index in [4.69, 9.17) is 4.42 Å². The van der Waals surface area contributed by atoms with Crippen molar-refractivity contribution in [3.8, 4) is 11.5 Å². The second-order valence-corrected chi connectivity index (χ2v) is 6.08. The summed E-state index contributed by atoms with van der Waals surface area (Å²) in [6, 6.07) is 15.2. The summed E-state index contributed by atoms with van der Waals surface area (Å²) in [6.45, 7) is 3.73. The molecule has 0 atom stereocenters. The quantitative estimate of drug-likeness (QED) is 0.707. The van der Waals surface area contributed by atoms with E-state index < -0.39 is 0 Å². The lowest BCUT2D eigenvalue weighted by atomic mass is 10.2. The van der Waals surface area contributed by atoms with Gasteiger partial charge >= 0.3 is 0 Å². The highest BCUT2D eigenvalue weighted by molar-refractivity contribution is 9.10. The minimum Gasteiger partial charge on any atom is -0.441 e. The van der Waals surface area contributed by atoms with Gasteiger partial charge in [-0.2, -0.15) is 0 Å². The zero-order chi connectivity index (χ0) is 16.4. The Morgan fingerprint density at radius 1 is 1.13 bits per heavy atom. The lowest BCUT2D eigenvalue weighted by molar-refractivity contribution is 0.102. The minimum absolute atomic E-state index is 0.288. The Balaban J connectivity index is 1.87. The first-order chi connectivity index (χ1) is 11.0. The lowest BCUT2D eigenvalue weighted by Crippen LogP contribution is -2.14. The molecule has 0 unspecified atom stereocenters. The predicted molar refractivity (Wildman–Crippen MR) is 93.5 cm³/mol. The Bertz CT molecular complexity index is 857. The number of nitrogens with one attached hydrogen (secondary N) is 1. The molecule has 0 spiro atoms. The second-order valence-electron chi connectivity index (χ2n) is 5.23. The standard InChI is InChI=1S/C18H15BrN2O2/c1-11-8-9-15(14(19)10-11)20-17(22)16-12(2)23-18(21-16)13-6-4-3-5-7-13/h3-10H,1-2H3,(H,20,22). The molecule has 0 saturated carbocycles. The Morgan fingerprint density at radius 3 is 2.57 bits per heavy atom. The van der Waals surface area contributed by atoms with Crippen molar-refractivity contribution in [3.63, 3.8) is 0 Å². The van der Waals surface area contributed by atoms with Crippen LogP contribution >= 0.6 is 15.9 Å². The Kier molecular flexibility index (Phi) is 4.30. The van der Waals surface area contributed by atoms with Crippen LogP contribution in [0.2, 0.25) is 0 Å². The zero-order valence-corrected chi connectivity index (χ0v) is 14.3. The molecule has 0 fully saturated rings. The number of nitrogens with zero attached hydrogens (tertiary/aromatic N) is 1. The third kappa shape index (κ3) is 3.35. The van der Waals surface area contributed by atoms with E-state index in [1.807, 2.05) is 55.5 Å². The number of anilines is 1. The van der Waals surface area contributed by atoms with Crippen LogP contribution in [0, 0.1) is 13.8 Å². The van der Waals surface area contributed by atoms with E-state index in [1.165, 1.54) is 0 Å². The number of hydrogen-bond donors (Lipinski definition) is 1. The van der Waals surface area contributed by atoms with Crippen LogP contribution in [0.1, 0.15) is 21.8 Å². The molecule has 0 aliphatic heterocycles. The Morgan fingerprint density at radius 2 is 1.87 bits per heavy atom. The van der Waals surface area contributed by atoms with Gasteiger partial charge in [0.2, 0.25) is 5.89 Å². The number of carbonyl (C=O) groups is 1. The summed E-state index contributed by atoms with van der Waals surface area (Å²) < 4.78 is 6.45. The van der Waals surface area contributed by atoms with E-state index >= 15 is 0 Å². The highest BCUT2D eigenvalue weighted by atomic mass is 79.9. The van der Waals surface area contributed by atoms with Crippen molar-refractivity contribution in [3.05, 3.63) is 70.0 Å². The van der Waals surface area contributed by atoms with Crippen molar-refractivity contribution in [1.82, 2.24) is 4.98 Å². The summed E-state index contributed by atoms with van der Waals surface area (Å²) in [5.74, 6) is 0.638. The van der Waals surface area contributed by atoms with E-state index in [9.17, 15) is 4.79 Å². The van der Waals surface area contributed by atoms with Crippen molar-refractivity contribution < 1.29 is 9.21 Å². The average Bonchev–Trinajstić information content (AvgIpc) is 2.93. The van der Waals surface area contributed by atoms with E-state index in [1.54, 1.807) is 6.92 Å². The summed E-state index contributed by atoms with van der Waals surface area (Å²) in [5.41, 5.74) is 2.94. The van der Waals surface area contributed by atoms with Crippen LogP contribution in [0.5, 0.6) is 0 Å². The maximum Gasteiger partial charge on any atom is 0.277 e. The molecule has 0 aliphatic rings. The number of benzene rings is 2. The van der Waals surface area contributed by atoms with Gasteiger partial charge in [-0.15, -0.1) is 0 Å². The topological polar surface area (TPSA) is 55.1 Å². The molecular formula is C18H15BrN2O2. The first-order valence-corrected chi connectivity index (χ1v) is 7.94. The van der Waals surface area contributed by atoms with Gasteiger partial charge in [0.05, 0.1) is 5.69 Å². The lowest BCUT2D eigenvalue weighted by Gasteiger charge is -2.06. The van der Waals surface area contributed by atoms with Gasteiger partial charge in [0.25, 0.3) is 5.91 Å². The SMILES string of the molecule is Cc1ccc(NC(=O)c2nc(-c3ccccc3)oc2C)c(Br)c1. The fourth-order valence-electron chi connectivity index (χ4n) is 2.21. The summed E-state index contributed by atoms with van der Waals surface area (Å²) >= 11 is 3.45. The molecule has 0 saturated heterocycles. The van der Waals surface area contributed by atoms with Gasteiger partial charge in [0.1, 0.15) is 5.76 Å². The molecule has 0 bridgehead atoms. The number of oxazole rings is 1. The molecule has 116 valence electrons. The highest BCUT2D eigenvalue weighted by Gasteiger charge is 2.18. The maximum atomic E-state index is 12.5. The average molecular weight is 371 g/mol. The van der Waals surface area contributed by atoms with Gasteiger partial charge in [0.15, 0.2) is 5.69 Å². The van der Waals surface area contributed by atoms with Gasteiger partial charge in [-0.05, 0) is 59.6 Å². The van der Waals surface area contributed by atoms with Crippen LogP contribution in [0.3, 0.4) is 0 Å². The molecule has 1 N–H and O–H groups in total. The molecule has 3 aromatic rings.